The normalized spacial score (nSPS) is 19.7. The lowest BCUT2D eigenvalue weighted by molar-refractivity contribution is -0.144. The highest BCUT2D eigenvalue weighted by Gasteiger charge is 2.41. The topological polar surface area (TPSA) is 49.3 Å². The SMILES string of the molecule is Cc1ccc(NC(C)(C(=O)O)C2CCCCC2)cc1. The standard InChI is InChI=1S/C16H23NO2/c1-12-8-10-14(11-9-12)17-16(2,15(18)19)13-6-4-3-5-7-13/h8-11,13,17H,3-7H2,1-2H3,(H,18,19). The van der Waals surface area contributed by atoms with Crippen LogP contribution >= 0.6 is 0 Å². The Balaban J connectivity index is 2.18. The number of carboxylic acid groups (broad SMARTS) is 1. The number of hydrogen-bond donors (Lipinski definition) is 2. The molecule has 3 nitrogen and oxygen atoms in total. The lowest BCUT2D eigenvalue weighted by Gasteiger charge is -2.37. The van der Waals surface area contributed by atoms with Crippen LogP contribution in [0.4, 0.5) is 5.69 Å². The van der Waals surface area contributed by atoms with E-state index in [1.807, 2.05) is 38.1 Å². The van der Waals surface area contributed by atoms with Gasteiger partial charge in [-0.25, -0.2) is 4.79 Å². The van der Waals surface area contributed by atoms with Crippen LogP contribution in [0.3, 0.4) is 0 Å². The number of anilines is 1. The fourth-order valence-corrected chi connectivity index (χ4v) is 2.95. The van der Waals surface area contributed by atoms with Gasteiger partial charge in [0.15, 0.2) is 0 Å². The molecule has 2 N–H and O–H groups in total. The number of hydrogen-bond acceptors (Lipinski definition) is 2. The van der Waals surface area contributed by atoms with Gasteiger partial charge < -0.3 is 10.4 Å². The molecule has 1 aliphatic rings. The van der Waals surface area contributed by atoms with E-state index in [2.05, 4.69) is 5.32 Å². The molecule has 1 atom stereocenters. The Kier molecular flexibility index (Phi) is 4.13. The molecule has 0 amide bonds. The first-order valence-electron chi connectivity index (χ1n) is 7.10. The van der Waals surface area contributed by atoms with Crippen molar-refractivity contribution in [1.82, 2.24) is 0 Å². The molecule has 2 rings (SSSR count). The summed E-state index contributed by atoms with van der Waals surface area (Å²) in [5.41, 5.74) is 1.21. The highest BCUT2D eigenvalue weighted by Crippen LogP contribution is 2.35. The zero-order valence-electron chi connectivity index (χ0n) is 11.8. The van der Waals surface area contributed by atoms with Crippen LogP contribution in [0, 0.1) is 12.8 Å². The molecule has 0 aliphatic heterocycles. The van der Waals surface area contributed by atoms with Gasteiger partial charge in [-0.15, -0.1) is 0 Å². The van der Waals surface area contributed by atoms with Gasteiger partial charge >= 0.3 is 5.97 Å². The maximum absolute atomic E-state index is 11.7. The first-order valence-corrected chi connectivity index (χ1v) is 7.10. The van der Waals surface area contributed by atoms with E-state index >= 15 is 0 Å². The van der Waals surface area contributed by atoms with Crippen molar-refractivity contribution < 1.29 is 9.90 Å². The van der Waals surface area contributed by atoms with Crippen molar-refractivity contribution in [2.24, 2.45) is 5.92 Å². The van der Waals surface area contributed by atoms with Gasteiger partial charge in [-0.2, -0.15) is 0 Å². The second-order valence-corrected chi connectivity index (χ2v) is 5.83. The first kappa shape index (κ1) is 13.9. The van der Waals surface area contributed by atoms with Crippen LogP contribution in [0.15, 0.2) is 24.3 Å². The summed E-state index contributed by atoms with van der Waals surface area (Å²) in [6.45, 7) is 3.85. The molecule has 1 saturated carbocycles. The van der Waals surface area contributed by atoms with Crippen LogP contribution < -0.4 is 5.32 Å². The fraction of sp³-hybridized carbons (Fsp3) is 0.562. The largest absolute Gasteiger partial charge is 0.480 e. The fourth-order valence-electron chi connectivity index (χ4n) is 2.95. The smallest absolute Gasteiger partial charge is 0.329 e. The van der Waals surface area contributed by atoms with Crippen molar-refractivity contribution in [3.05, 3.63) is 29.8 Å². The molecule has 104 valence electrons. The van der Waals surface area contributed by atoms with E-state index in [1.54, 1.807) is 0 Å². The number of rotatable bonds is 4. The Morgan fingerprint density at radius 3 is 2.32 bits per heavy atom. The quantitative estimate of drug-likeness (QED) is 0.866. The third-order valence-corrected chi connectivity index (χ3v) is 4.32. The van der Waals surface area contributed by atoms with Gasteiger partial charge in [0.1, 0.15) is 5.54 Å². The summed E-state index contributed by atoms with van der Waals surface area (Å²) in [6.07, 6.45) is 5.52. The summed E-state index contributed by atoms with van der Waals surface area (Å²) in [4.78, 5) is 11.7. The minimum absolute atomic E-state index is 0.208. The minimum atomic E-state index is -0.865. The highest BCUT2D eigenvalue weighted by molar-refractivity contribution is 5.82. The minimum Gasteiger partial charge on any atom is -0.480 e. The number of carboxylic acids is 1. The van der Waals surface area contributed by atoms with Gasteiger partial charge in [0.05, 0.1) is 0 Å². The molecule has 1 aliphatic carbocycles. The van der Waals surface area contributed by atoms with Crippen molar-refractivity contribution >= 4 is 11.7 Å². The Labute approximate surface area is 115 Å². The molecular formula is C16H23NO2. The van der Waals surface area contributed by atoms with Gasteiger partial charge in [-0.1, -0.05) is 37.0 Å². The first-order chi connectivity index (χ1) is 9.02. The lowest BCUT2D eigenvalue weighted by Crippen LogP contribution is -2.50. The second kappa shape index (κ2) is 5.64. The zero-order valence-corrected chi connectivity index (χ0v) is 11.8. The summed E-state index contributed by atoms with van der Waals surface area (Å²) in [6, 6.07) is 7.93. The molecule has 0 heterocycles. The van der Waals surface area contributed by atoms with Crippen molar-refractivity contribution in [1.29, 1.82) is 0 Å². The van der Waals surface area contributed by atoms with Gasteiger partial charge in [-0.3, -0.25) is 0 Å². The third kappa shape index (κ3) is 3.09. The monoisotopic (exact) mass is 261 g/mol. The maximum atomic E-state index is 11.7. The van der Waals surface area contributed by atoms with Crippen LogP contribution in [-0.2, 0) is 4.79 Å². The van der Waals surface area contributed by atoms with E-state index < -0.39 is 11.5 Å². The van der Waals surface area contributed by atoms with Gasteiger partial charge in [0, 0.05) is 5.69 Å². The Morgan fingerprint density at radius 1 is 1.21 bits per heavy atom. The summed E-state index contributed by atoms with van der Waals surface area (Å²) in [7, 11) is 0. The molecule has 3 heteroatoms. The van der Waals surface area contributed by atoms with Crippen LogP contribution in [0.2, 0.25) is 0 Å². The van der Waals surface area contributed by atoms with E-state index in [-0.39, 0.29) is 5.92 Å². The summed E-state index contributed by atoms with van der Waals surface area (Å²) >= 11 is 0. The Hall–Kier alpha value is -1.51. The van der Waals surface area contributed by atoms with Gasteiger partial charge in [0.2, 0.25) is 0 Å². The Bertz CT molecular complexity index is 435. The van der Waals surface area contributed by atoms with Crippen LogP contribution in [0.25, 0.3) is 0 Å². The molecule has 0 radical (unpaired) electrons. The number of benzene rings is 1. The van der Waals surface area contributed by atoms with Crippen molar-refractivity contribution in [2.75, 3.05) is 5.32 Å². The van der Waals surface area contributed by atoms with Crippen molar-refractivity contribution in [3.63, 3.8) is 0 Å². The zero-order chi connectivity index (χ0) is 13.9. The van der Waals surface area contributed by atoms with E-state index in [9.17, 15) is 9.90 Å². The second-order valence-electron chi connectivity index (χ2n) is 5.83. The van der Waals surface area contributed by atoms with E-state index in [0.717, 1.165) is 31.4 Å². The van der Waals surface area contributed by atoms with Gasteiger partial charge in [-0.05, 0) is 44.7 Å². The predicted octanol–water partition coefficient (Wildman–Crippen LogP) is 3.83. The number of nitrogens with one attached hydrogen (secondary N) is 1. The van der Waals surface area contributed by atoms with Crippen LogP contribution in [0.1, 0.15) is 44.6 Å². The molecule has 0 aromatic heterocycles. The van der Waals surface area contributed by atoms with E-state index in [1.165, 1.54) is 12.0 Å². The van der Waals surface area contributed by atoms with E-state index in [4.69, 9.17) is 0 Å². The molecule has 1 fully saturated rings. The van der Waals surface area contributed by atoms with Crippen LogP contribution in [0.5, 0.6) is 0 Å². The molecular weight excluding hydrogens is 238 g/mol. The number of aryl methyl sites for hydroxylation is 1. The summed E-state index contributed by atoms with van der Waals surface area (Å²) in [5.74, 6) is -0.542. The molecule has 0 saturated heterocycles. The highest BCUT2D eigenvalue weighted by atomic mass is 16.4. The number of aliphatic carboxylic acids is 1. The molecule has 0 spiro atoms. The molecule has 1 aromatic carbocycles. The van der Waals surface area contributed by atoms with E-state index in [0.29, 0.717) is 0 Å². The van der Waals surface area contributed by atoms with Crippen LogP contribution in [-0.4, -0.2) is 16.6 Å². The number of carbonyl (C=O) groups is 1. The predicted molar refractivity (Wildman–Crippen MR) is 77.4 cm³/mol. The third-order valence-electron chi connectivity index (χ3n) is 4.32. The molecule has 1 aromatic rings. The molecule has 19 heavy (non-hydrogen) atoms. The summed E-state index contributed by atoms with van der Waals surface area (Å²) in [5, 5.41) is 12.9. The van der Waals surface area contributed by atoms with Crippen molar-refractivity contribution in [2.45, 2.75) is 51.5 Å². The summed E-state index contributed by atoms with van der Waals surface area (Å²) < 4.78 is 0. The van der Waals surface area contributed by atoms with Crippen molar-refractivity contribution in [3.8, 4) is 0 Å². The average molecular weight is 261 g/mol. The maximum Gasteiger partial charge on any atom is 0.329 e. The average Bonchev–Trinajstić information content (AvgIpc) is 2.42. The Morgan fingerprint density at radius 2 is 1.79 bits per heavy atom. The van der Waals surface area contributed by atoms with Gasteiger partial charge in [0.25, 0.3) is 0 Å². The lowest BCUT2D eigenvalue weighted by atomic mass is 9.75. The molecule has 0 bridgehead atoms. The molecule has 1 unspecified atom stereocenters.